The number of benzene rings is 1. The number of alkyl halides is 1. The van der Waals surface area contributed by atoms with Gasteiger partial charge in [-0.05, 0) is 18.9 Å². The third-order valence-electron chi connectivity index (χ3n) is 3.61. The van der Waals surface area contributed by atoms with Crippen molar-refractivity contribution in [2.24, 2.45) is 5.92 Å². The summed E-state index contributed by atoms with van der Waals surface area (Å²) in [6, 6.07) is 8.89. The van der Waals surface area contributed by atoms with Crippen molar-refractivity contribution in [3.63, 3.8) is 0 Å². The van der Waals surface area contributed by atoms with E-state index in [0.717, 1.165) is 0 Å². The lowest BCUT2D eigenvalue weighted by atomic mass is 10.2. The van der Waals surface area contributed by atoms with E-state index in [9.17, 15) is 8.42 Å². The topological polar surface area (TPSA) is 52.6 Å². The molecular weight excluding hydrogens is 300 g/mol. The zero-order chi connectivity index (χ0) is 14.8. The SMILES string of the molecule is COCOC[C@@H]1C[C@H]1S(=O)(=O)C(C)(Cl)c1ccccc1. The maximum absolute atomic E-state index is 12.6. The summed E-state index contributed by atoms with van der Waals surface area (Å²) in [5, 5.41) is -0.429. The Morgan fingerprint density at radius 3 is 2.60 bits per heavy atom. The van der Waals surface area contributed by atoms with E-state index in [1.54, 1.807) is 31.2 Å². The highest BCUT2D eigenvalue weighted by atomic mass is 35.5. The fourth-order valence-electron chi connectivity index (χ4n) is 2.24. The summed E-state index contributed by atoms with van der Waals surface area (Å²) in [7, 11) is -1.93. The third kappa shape index (κ3) is 3.01. The third-order valence-corrected chi connectivity index (χ3v) is 7.16. The van der Waals surface area contributed by atoms with Gasteiger partial charge >= 0.3 is 0 Å². The predicted octanol–water partition coefficient (Wildman–Crippen LogP) is 2.52. The van der Waals surface area contributed by atoms with Gasteiger partial charge in [-0.1, -0.05) is 41.9 Å². The van der Waals surface area contributed by atoms with Crippen LogP contribution in [0.15, 0.2) is 30.3 Å². The Morgan fingerprint density at radius 2 is 2.00 bits per heavy atom. The molecule has 2 rings (SSSR count). The van der Waals surface area contributed by atoms with Gasteiger partial charge in [0.1, 0.15) is 6.79 Å². The van der Waals surface area contributed by atoms with Gasteiger partial charge in [0.25, 0.3) is 0 Å². The van der Waals surface area contributed by atoms with Gasteiger partial charge in [-0.3, -0.25) is 0 Å². The number of halogens is 1. The highest BCUT2D eigenvalue weighted by Crippen LogP contribution is 2.47. The Balaban J connectivity index is 2.08. The summed E-state index contributed by atoms with van der Waals surface area (Å²) in [4.78, 5) is 0. The molecule has 0 saturated heterocycles. The lowest BCUT2D eigenvalue weighted by Gasteiger charge is -2.23. The predicted molar refractivity (Wildman–Crippen MR) is 78.3 cm³/mol. The fraction of sp³-hybridized carbons (Fsp3) is 0.571. The molecule has 4 nitrogen and oxygen atoms in total. The summed E-state index contributed by atoms with van der Waals surface area (Å²) < 4.78 is 33.9. The van der Waals surface area contributed by atoms with Crippen LogP contribution in [0.4, 0.5) is 0 Å². The molecule has 1 aromatic rings. The first-order valence-electron chi connectivity index (χ1n) is 6.46. The smallest absolute Gasteiger partial charge is 0.177 e. The van der Waals surface area contributed by atoms with Crippen molar-refractivity contribution in [1.29, 1.82) is 0 Å². The van der Waals surface area contributed by atoms with Crippen molar-refractivity contribution in [2.75, 3.05) is 20.5 Å². The Bertz CT molecular complexity index is 542. The van der Waals surface area contributed by atoms with Crippen LogP contribution < -0.4 is 0 Å². The molecule has 112 valence electrons. The van der Waals surface area contributed by atoms with Gasteiger partial charge in [0.2, 0.25) is 0 Å². The molecule has 0 spiro atoms. The summed E-state index contributed by atoms with van der Waals surface area (Å²) in [5.41, 5.74) is 0.602. The molecule has 0 aliphatic heterocycles. The highest BCUT2D eigenvalue weighted by molar-refractivity contribution is 7.94. The molecule has 1 aliphatic carbocycles. The average molecular weight is 319 g/mol. The van der Waals surface area contributed by atoms with E-state index in [0.29, 0.717) is 18.6 Å². The molecule has 3 atom stereocenters. The molecule has 20 heavy (non-hydrogen) atoms. The van der Waals surface area contributed by atoms with Gasteiger partial charge in [0.05, 0.1) is 11.9 Å². The zero-order valence-corrected chi connectivity index (χ0v) is 13.2. The summed E-state index contributed by atoms with van der Waals surface area (Å²) in [6.07, 6.45) is 0.598. The van der Waals surface area contributed by atoms with Crippen molar-refractivity contribution in [3.05, 3.63) is 35.9 Å². The first-order chi connectivity index (χ1) is 9.41. The maximum Gasteiger partial charge on any atom is 0.177 e. The maximum atomic E-state index is 12.6. The molecule has 1 fully saturated rings. The molecule has 0 heterocycles. The monoisotopic (exact) mass is 318 g/mol. The molecule has 0 N–H and O–H groups in total. The van der Waals surface area contributed by atoms with Crippen LogP contribution in [0.5, 0.6) is 0 Å². The normalized spacial score (nSPS) is 25.1. The number of methoxy groups -OCH3 is 1. The molecule has 0 bridgehead atoms. The second-order valence-corrected chi connectivity index (χ2v) is 8.63. The van der Waals surface area contributed by atoms with Crippen molar-refractivity contribution in [2.45, 2.75) is 22.8 Å². The van der Waals surface area contributed by atoms with E-state index in [1.165, 1.54) is 7.11 Å². The average Bonchev–Trinajstić information content (AvgIpc) is 3.20. The second kappa shape index (κ2) is 6.02. The van der Waals surface area contributed by atoms with Crippen LogP contribution >= 0.6 is 11.6 Å². The van der Waals surface area contributed by atoms with E-state index < -0.39 is 19.3 Å². The molecule has 0 radical (unpaired) electrons. The van der Waals surface area contributed by atoms with E-state index in [2.05, 4.69) is 0 Å². The largest absolute Gasteiger partial charge is 0.359 e. The quantitative estimate of drug-likeness (QED) is 0.440. The van der Waals surface area contributed by atoms with Gasteiger partial charge in [0, 0.05) is 13.0 Å². The number of sulfone groups is 1. The van der Waals surface area contributed by atoms with E-state index >= 15 is 0 Å². The van der Waals surface area contributed by atoms with Gasteiger partial charge < -0.3 is 9.47 Å². The minimum absolute atomic E-state index is 0.0111. The van der Waals surface area contributed by atoms with E-state index in [-0.39, 0.29) is 12.7 Å². The minimum atomic E-state index is -3.46. The molecule has 1 aliphatic rings. The number of hydrogen-bond donors (Lipinski definition) is 0. The molecule has 1 saturated carbocycles. The molecular formula is C14H19ClO4S. The molecule has 6 heteroatoms. The number of hydrogen-bond acceptors (Lipinski definition) is 4. The van der Waals surface area contributed by atoms with Crippen LogP contribution in [0.3, 0.4) is 0 Å². The van der Waals surface area contributed by atoms with Gasteiger partial charge in [0.15, 0.2) is 14.0 Å². The van der Waals surface area contributed by atoms with Crippen LogP contribution in [-0.2, 0) is 23.5 Å². The Hall–Kier alpha value is -0.620. The number of rotatable bonds is 7. The zero-order valence-electron chi connectivity index (χ0n) is 11.6. The van der Waals surface area contributed by atoms with E-state index in [4.69, 9.17) is 21.1 Å². The molecule has 0 amide bonds. The number of ether oxygens (including phenoxy) is 2. The van der Waals surface area contributed by atoms with Gasteiger partial charge in [-0.25, -0.2) is 8.42 Å². The Morgan fingerprint density at radius 1 is 1.35 bits per heavy atom. The Labute approximate surface area is 125 Å². The summed E-state index contributed by atoms with van der Waals surface area (Å²) in [5.74, 6) is 0.0111. The van der Waals surface area contributed by atoms with Crippen LogP contribution in [0.1, 0.15) is 18.9 Å². The summed E-state index contributed by atoms with van der Waals surface area (Å²) >= 11 is 6.36. The van der Waals surface area contributed by atoms with Crippen LogP contribution in [0.25, 0.3) is 0 Å². The van der Waals surface area contributed by atoms with Crippen LogP contribution in [0, 0.1) is 5.92 Å². The minimum Gasteiger partial charge on any atom is -0.359 e. The van der Waals surface area contributed by atoms with Crippen molar-refractivity contribution < 1.29 is 17.9 Å². The first kappa shape index (κ1) is 15.8. The second-order valence-electron chi connectivity index (χ2n) is 5.14. The first-order valence-corrected chi connectivity index (χ1v) is 8.38. The lowest BCUT2D eigenvalue weighted by Crippen LogP contribution is -2.31. The Kier molecular flexibility index (Phi) is 4.74. The van der Waals surface area contributed by atoms with Crippen LogP contribution in [-0.4, -0.2) is 34.2 Å². The molecule has 1 unspecified atom stereocenters. The molecule has 0 aromatic heterocycles. The van der Waals surface area contributed by atoms with E-state index in [1.807, 2.05) is 6.07 Å². The fourth-order valence-corrected chi connectivity index (χ4v) is 4.83. The van der Waals surface area contributed by atoms with Gasteiger partial charge in [-0.2, -0.15) is 0 Å². The molecule has 1 aromatic carbocycles. The van der Waals surface area contributed by atoms with Crippen molar-refractivity contribution in [1.82, 2.24) is 0 Å². The van der Waals surface area contributed by atoms with Gasteiger partial charge in [-0.15, -0.1) is 0 Å². The van der Waals surface area contributed by atoms with Crippen LogP contribution in [0.2, 0.25) is 0 Å². The standard InChI is InChI=1S/C14H19ClO4S/c1-14(15,12-6-4-3-5-7-12)20(16,17)13-8-11(13)9-19-10-18-2/h3-7,11,13H,8-10H2,1-2H3/t11-,13+,14?/m0/s1. The highest BCUT2D eigenvalue weighted by Gasteiger charge is 2.55. The van der Waals surface area contributed by atoms with Crippen molar-refractivity contribution in [3.8, 4) is 0 Å². The summed E-state index contributed by atoms with van der Waals surface area (Å²) in [6.45, 7) is 2.12. The lowest BCUT2D eigenvalue weighted by molar-refractivity contribution is -0.0342. The van der Waals surface area contributed by atoms with Crippen molar-refractivity contribution >= 4 is 21.4 Å².